The Labute approximate surface area is 110 Å². The minimum absolute atomic E-state index is 0.101. The molecule has 0 aromatic heterocycles. The number of esters is 1. The average molecular weight is 269 g/mol. The van der Waals surface area contributed by atoms with Crippen LogP contribution in [0.3, 0.4) is 0 Å². The summed E-state index contributed by atoms with van der Waals surface area (Å²) in [5, 5.41) is 0.275. The molecular formula is C13H13ClO4. The predicted octanol–water partition coefficient (Wildman–Crippen LogP) is 2.35. The average Bonchev–Trinajstić information content (AvgIpc) is 2.28. The van der Waals surface area contributed by atoms with Crippen molar-refractivity contribution >= 4 is 29.1 Å². The highest BCUT2D eigenvalue weighted by Gasteiger charge is 2.21. The first-order chi connectivity index (χ1) is 8.45. The second kappa shape index (κ2) is 6.31. The molecular weight excluding hydrogens is 256 g/mol. The minimum atomic E-state index is -0.992. The molecule has 0 aliphatic rings. The molecule has 0 aliphatic carbocycles. The van der Waals surface area contributed by atoms with Gasteiger partial charge in [0.2, 0.25) is 5.78 Å². The number of hydrogen-bond donors (Lipinski definition) is 0. The molecule has 0 saturated carbocycles. The maximum absolute atomic E-state index is 11.8. The highest BCUT2D eigenvalue weighted by atomic mass is 35.5. The van der Waals surface area contributed by atoms with E-state index in [1.54, 1.807) is 25.1 Å². The Morgan fingerprint density at radius 1 is 1.28 bits per heavy atom. The lowest BCUT2D eigenvalue weighted by atomic mass is 10.0. The summed E-state index contributed by atoms with van der Waals surface area (Å²) in [6.07, 6.45) is -0.526. The van der Waals surface area contributed by atoms with Gasteiger partial charge in [0.15, 0.2) is 5.78 Å². The molecule has 0 N–H and O–H groups in total. The van der Waals surface area contributed by atoms with E-state index in [0.29, 0.717) is 0 Å². The zero-order valence-electron chi connectivity index (χ0n) is 10.2. The molecule has 1 rings (SSSR count). The van der Waals surface area contributed by atoms with E-state index in [9.17, 15) is 14.4 Å². The molecule has 0 bridgehead atoms. The Hall–Kier alpha value is -1.68. The maximum Gasteiger partial charge on any atom is 0.375 e. The monoisotopic (exact) mass is 268 g/mol. The zero-order chi connectivity index (χ0) is 13.7. The van der Waals surface area contributed by atoms with E-state index in [0.717, 1.165) is 5.56 Å². The Bertz CT molecular complexity index is 494. The number of carbonyl (C=O) groups is 3. The fraction of sp³-hybridized carbons (Fsp3) is 0.308. The quantitative estimate of drug-likeness (QED) is 0.356. The summed E-state index contributed by atoms with van der Waals surface area (Å²) in [4.78, 5) is 34.2. The van der Waals surface area contributed by atoms with Crippen LogP contribution in [0.2, 0.25) is 5.02 Å². The second-order valence-electron chi connectivity index (χ2n) is 3.73. The van der Waals surface area contributed by atoms with Crippen molar-refractivity contribution in [3.8, 4) is 0 Å². The standard InChI is InChI=1S/C13H13ClO4/c1-3-18-13(17)12(16)7-11(15)9-5-4-8(2)6-10(9)14/h4-6H,3,7H2,1-2H3. The Balaban J connectivity index is 2.77. The van der Waals surface area contributed by atoms with E-state index in [1.807, 2.05) is 6.92 Å². The SMILES string of the molecule is CCOC(=O)C(=O)CC(=O)c1ccc(C)cc1Cl. The van der Waals surface area contributed by atoms with E-state index in [2.05, 4.69) is 4.74 Å². The van der Waals surface area contributed by atoms with Crippen LogP contribution >= 0.6 is 11.6 Å². The van der Waals surface area contributed by atoms with Crippen LogP contribution in [0.15, 0.2) is 18.2 Å². The topological polar surface area (TPSA) is 60.4 Å². The van der Waals surface area contributed by atoms with Gasteiger partial charge < -0.3 is 4.74 Å². The third kappa shape index (κ3) is 3.67. The molecule has 0 atom stereocenters. The molecule has 1 aromatic carbocycles. The number of benzene rings is 1. The lowest BCUT2D eigenvalue weighted by Gasteiger charge is -2.04. The minimum Gasteiger partial charge on any atom is -0.460 e. The van der Waals surface area contributed by atoms with Gasteiger partial charge in [-0.25, -0.2) is 4.79 Å². The fourth-order valence-corrected chi connectivity index (χ4v) is 1.71. The molecule has 18 heavy (non-hydrogen) atoms. The van der Waals surface area contributed by atoms with Crippen molar-refractivity contribution in [1.82, 2.24) is 0 Å². The van der Waals surface area contributed by atoms with Crippen molar-refractivity contribution in [2.24, 2.45) is 0 Å². The van der Waals surface area contributed by atoms with Crippen LogP contribution in [0.25, 0.3) is 0 Å². The molecule has 0 unspecified atom stereocenters. The molecule has 4 nitrogen and oxygen atoms in total. The number of carbonyl (C=O) groups excluding carboxylic acids is 3. The largest absolute Gasteiger partial charge is 0.460 e. The van der Waals surface area contributed by atoms with Crippen LogP contribution in [-0.4, -0.2) is 24.1 Å². The van der Waals surface area contributed by atoms with Gasteiger partial charge in [0.05, 0.1) is 18.1 Å². The number of Topliss-reactive ketones (excluding diaryl/α,β-unsaturated/α-hetero) is 2. The number of hydrogen-bond acceptors (Lipinski definition) is 4. The number of halogens is 1. The highest BCUT2D eigenvalue weighted by molar-refractivity contribution is 6.40. The number of ketones is 2. The van der Waals surface area contributed by atoms with Gasteiger partial charge >= 0.3 is 5.97 Å². The first-order valence-corrected chi connectivity index (χ1v) is 5.82. The van der Waals surface area contributed by atoms with E-state index in [-0.39, 0.29) is 17.2 Å². The summed E-state index contributed by atoms with van der Waals surface area (Å²) in [6, 6.07) is 4.88. The number of rotatable bonds is 5. The molecule has 0 heterocycles. The number of aryl methyl sites for hydroxylation is 1. The molecule has 0 radical (unpaired) electrons. The molecule has 0 saturated heterocycles. The van der Waals surface area contributed by atoms with Crippen molar-refractivity contribution in [3.05, 3.63) is 34.3 Å². The Kier molecular flexibility index (Phi) is 5.04. The molecule has 0 amide bonds. The van der Waals surface area contributed by atoms with Crippen LogP contribution in [0, 0.1) is 6.92 Å². The van der Waals surface area contributed by atoms with Gasteiger partial charge in [-0.15, -0.1) is 0 Å². The maximum atomic E-state index is 11.8. The third-order valence-electron chi connectivity index (χ3n) is 2.25. The van der Waals surface area contributed by atoms with Gasteiger partial charge in [0.1, 0.15) is 0 Å². The smallest absolute Gasteiger partial charge is 0.375 e. The van der Waals surface area contributed by atoms with Gasteiger partial charge in [0, 0.05) is 5.56 Å². The van der Waals surface area contributed by atoms with Gasteiger partial charge in [-0.05, 0) is 31.5 Å². The van der Waals surface area contributed by atoms with E-state index in [1.165, 1.54) is 0 Å². The Morgan fingerprint density at radius 2 is 1.94 bits per heavy atom. The van der Waals surface area contributed by atoms with Crippen LogP contribution in [0.1, 0.15) is 29.3 Å². The van der Waals surface area contributed by atoms with Crippen molar-refractivity contribution in [1.29, 1.82) is 0 Å². The molecule has 0 spiro atoms. The first-order valence-electron chi connectivity index (χ1n) is 5.45. The molecule has 1 aromatic rings. The van der Waals surface area contributed by atoms with E-state index < -0.39 is 24.0 Å². The Morgan fingerprint density at radius 3 is 2.50 bits per heavy atom. The van der Waals surface area contributed by atoms with E-state index >= 15 is 0 Å². The highest BCUT2D eigenvalue weighted by Crippen LogP contribution is 2.19. The van der Waals surface area contributed by atoms with Crippen LogP contribution in [0.5, 0.6) is 0 Å². The van der Waals surface area contributed by atoms with Gasteiger partial charge in [-0.3, -0.25) is 9.59 Å². The molecule has 96 valence electrons. The van der Waals surface area contributed by atoms with Crippen molar-refractivity contribution in [2.45, 2.75) is 20.3 Å². The first kappa shape index (κ1) is 14.4. The molecule has 0 fully saturated rings. The van der Waals surface area contributed by atoms with Crippen LogP contribution in [0.4, 0.5) is 0 Å². The summed E-state index contributed by atoms with van der Waals surface area (Å²) < 4.78 is 4.52. The molecule has 5 heteroatoms. The summed E-state index contributed by atoms with van der Waals surface area (Å²) in [7, 11) is 0. The van der Waals surface area contributed by atoms with Crippen LogP contribution < -0.4 is 0 Å². The van der Waals surface area contributed by atoms with Crippen LogP contribution in [-0.2, 0) is 14.3 Å². The number of ether oxygens (including phenoxy) is 1. The van der Waals surface area contributed by atoms with E-state index in [4.69, 9.17) is 11.6 Å². The van der Waals surface area contributed by atoms with Gasteiger partial charge in [-0.2, -0.15) is 0 Å². The third-order valence-corrected chi connectivity index (χ3v) is 2.56. The van der Waals surface area contributed by atoms with Gasteiger partial charge in [-0.1, -0.05) is 17.7 Å². The lowest BCUT2D eigenvalue weighted by molar-refractivity contribution is -0.153. The molecule has 0 aliphatic heterocycles. The van der Waals surface area contributed by atoms with Crippen molar-refractivity contribution in [3.63, 3.8) is 0 Å². The summed E-state index contributed by atoms with van der Waals surface area (Å²) in [5.41, 5.74) is 1.15. The predicted molar refractivity (Wildman–Crippen MR) is 66.8 cm³/mol. The summed E-state index contributed by atoms with van der Waals surface area (Å²) in [6.45, 7) is 3.53. The zero-order valence-corrected chi connectivity index (χ0v) is 10.9. The van der Waals surface area contributed by atoms with Crippen molar-refractivity contribution < 1.29 is 19.1 Å². The van der Waals surface area contributed by atoms with Gasteiger partial charge in [0.25, 0.3) is 0 Å². The lowest BCUT2D eigenvalue weighted by Crippen LogP contribution is -2.20. The fourth-order valence-electron chi connectivity index (χ4n) is 1.37. The summed E-state index contributed by atoms with van der Waals surface area (Å²) >= 11 is 5.90. The normalized spacial score (nSPS) is 9.94. The van der Waals surface area contributed by atoms with Crippen molar-refractivity contribution in [2.75, 3.05) is 6.61 Å². The summed E-state index contributed by atoms with van der Waals surface area (Å²) in [5.74, 6) is -2.34. The second-order valence-corrected chi connectivity index (χ2v) is 4.13.